The fourth-order valence-electron chi connectivity index (χ4n) is 1.68. The van der Waals surface area contributed by atoms with Crippen LogP contribution in [0.3, 0.4) is 0 Å². The molecule has 14 heavy (non-hydrogen) atoms. The number of aromatic nitrogens is 1. The lowest BCUT2D eigenvalue weighted by molar-refractivity contribution is 0.558. The van der Waals surface area contributed by atoms with E-state index in [0.717, 1.165) is 16.3 Å². The Morgan fingerprint density at radius 3 is 2.86 bits per heavy atom. The number of oxazole rings is 1. The molecule has 0 saturated carbocycles. The molecule has 0 fully saturated rings. The summed E-state index contributed by atoms with van der Waals surface area (Å²) in [5.74, 6) is -0.406. The Kier molecular flexibility index (Phi) is 1.31. The molecule has 0 aliphatic carbocycles. The summed E-state index contributed by atoms with van der Waals surface area (Å²) in [6.45, 7) is 0. The van der Waals surface area contributed by atoms with Crippen molar-refractivity contribution in [2.75, 3.05) is 0 Å². The zero-order chi connectivity index (χ0) is 9.54. The summed E-state index contributed by atoms with van der Waals surface area (Å²) in [7, 11) is 0. The number of benzene rings is 2. The highest BCUT2D eigenvalue weighted by Crippen LogP contribution is 2.22. The monoisotopic (exact) mass is 185 g/mol. The quantitative estimate of drug-likeness (QED) is 0.584. The van der Waals surface area contributed by atoms with Gasteiger partial charge in [0.25, 0.3) is 0 Å². The second-order valence-corrected chi connectivity index (χ2v) is 3.18. The van der Waals surface area contributed by atoms with Crippen molar-refractivity contribution in [3.05, 3.63) is 46.9 Å². The highest BCUT2D eigenvalue weighted by molar-refractivity contribution is 6.02. The molecule has 0 atom stereocenters. The van der Waals surface area contributed by atoms with Crippen LogP contribution in [0, 0.1) is 0 Å². The van der Waals surface area contributed by atoms with Gasteiger partial charge in [-0.2, -0.15) is 0 Å². The molecule has 0 aliphatic heterocycles. The van der Waals surface area contributed by atoms with Crippen LogP contribution in [0.4, 0.5) is 0 Å². The minimum absolute atomic E-state index is 0.406. The van der Waals surface area contributed by atoms with Crippen molar-refractivity contribution in [1.82, 2.24) is 4.98 Å². The molecular formula is C11H7NO2. The van der Waals surface area contributed by atoms with Crippen LogP contribution in [-0.4, -0.2) is 4.98 Å². The van der Waals surface area contributed by atoms with Crippen molar-refractivity contribution in [2.45, 2.75) is 0 Å². The van der Waals surface area contributed by atoms with Crippen molar-refractivity contribution in [3.8, 4) is 0 Å². The lowest BCUT2D eigenvalue weighted by Crippen LogP contribution is -1.92. The third kappa shape index (κ3) is 0.893. The van der Waals surface area contributed by atoms with Crippen molar-refractivity contribution < 1.29 is 4.42 Å². The fraction of sp³-hybridized carbons (Fsp3) is 0. The number of fused-ring (bicyclic) bond motifs is 3. The van der Waals surface area contributed by atoms with Gasteiger partial charge in [0.2, 0.25) is 0 Å². The zero-order valence-electron chi connectivity index (χ0n) is 7.28. The molecule has 1 aromatic heterocycles. The van der Waals surface area contributed by atoms with E-state index >= 15 is 0 Å². The topological polar surface area (TPSA) is 46.0 Å². The number of H-pyrrole nitrogens is 1. The van der Waals surface area contributed by atoms with Gasteiger partial charge in [0, 0.05) is 5.39 Å². The van der Waals surface area contributed by atoms with Crippen molar-refractivity contribution in [3.63, 3.8) is 0 Å². The van der Waals surface area contributed by atoms with Gasteiger partial charge >= 0.3 is 5.76 Å². The van der Waals surface area contributed by atoms with Gasteiger partial charge in [-0.1, -0.05) is 30.3 Å². The molecule has 0 aliphatic rings. The van der Waals surface area contributed by atoms with Crippen molar-refractivity contribution in [1.29, 1.82) is 0 Å². The van der Waals surface area contributed by atoms with E-state index in [9.17, 15) is 4.79 Å². The molecule has 0 spiro atoms. The maximum atomic E-state index is 11.0. The van der Waals surface area contributed by atoms with Gasteiger partial charge in [0.1, 0.15) is 0 Å². The maximum Gasteiger partial charge on any atom is 0.417 e. The van der Waals surface area contributed by atoms with E-state index in [1.54, 1.807) is 0 Å². The van der Waals surface area contributed by atoms with Crippen LogP contribution in [0.1, 0.15) is 0 Å². The average Bonchev–Trinajstić information content (AvgIpc) is 2.59. The highest BCUT2D eigenvalue weighted by Gasteiger charge is 2.04. The number of hydrogen-bond donors (Lipinski definition) is 1. The smallest absolute Gasteiger partial charge is 0.407 e. The van der Waals surface area contributed by atoms with E-state index in [-0.39, 0.29) is 0 Å². The fourth-order valence-corrected chi connectivity index (χ4v) is 1.68. The largest absolute Gasteiger partial charge is 0.417 e. The molecule has 0 radical (unpaired) electrons. The minimum Gasteiger partial charge on any atom is -0.407 e. The molecule has 3 heteroatoms. The summed E-state index contributed by atoms with van der Waals surface area (Å²) in [6.07, 6.45) is 0. The maximum absolute atomic E-state index is 11.0. The molecule has 1 heterocycles. The molecule has 0 saturated heterocycles. The van der Waals surface area contributed by atoms with E-state index in [1.165, 1.54) is 0 Å². The normalized spacial score (nSPS) is 11.1. The molecule has 3 nitrogen and oxygen atoms in total. The summed E-state index contributed by atoms with van der Waals surface area (Å²) in [5.41, 5.74) is 1.38. The Balaban J connectivity index is 2.66. The Bertz CT molecular complexity index is 663. The molecule has 2 aromatic carbocycles. The van der Waals surface area contributed by atoms with E-state index in [0.29, 0.717) is 5.58 Å². The predicted molar refractivity (Wildman–Crippen MR) is 54.3 cm³/mol. The van der Waals surface area contributed by atoms with Crippen LogP contribution < -0.4 is 5.76 Å². The van der Waals surface area contributed by atoms with Gasteiger partial charge in [-0.25, -0.2) is 4.79 Å². The van der Waals surface area contributed by atoms with Crippen LogP contribution in [0.25, 0.3) is 21.9 Å². The van der Waals surface area contributed by atoms with E-state index in [2.05, 4.69) is 4.98 Å². The lowest BCUT2D eigenvalue weighted by atomic mass is 10.1. The van der Waals surface area contributed by atoms with Crippen LogP contribution in [0.2, 0.25) is 0 Å². The van der Waals surface area contributed by atoms with Crippen LogP contribution >= 0.6 is 0 Å². The van der Waals surface area contributed by atoms with Crippen LogP contribution in [0.15, 0.2) is 45.6 Å². The van der Waals surface area contributed by atoms with E-state index < -0.39 is 5.76 Å². The molecule has 1 N–H and O–H groups in total. The third-order valence-electron chi connectivity index (χ3n) is 2.31. The Morgan fingerprint density at radius 1 is 1.07 bits per heavy atom. The zero-order valence-corrected chi connectivity index (χ0v) is 7.28. The first-order chi connectivity index (χ1) is 6.84. The second-order valence-electron chi connectivity index (χ2n) is 3.18. The van der Waals surface area contributed by atoms with E-state index in [1.807, 2.05) is 36.4 Å². The number of rotatable bonds is 0. The molecule has 3 aromatic rings. The van der Waals surface area contributed by atoms with Gasteiger partial charge in [-0.05, 0) is 11.5 Å². The van der Waals surface area contributed by atoms with E-state index in [4.69, 9.17) is 4.42 Å². The molecule has 68 valence electrons. The minimum atomic E-state index is -0.406. The standard InChI is InChI=1S/C11H7NO2/c13-11-12-9-6-5-7-3-1-2-4-8(7)10(9)14-11/h1-6H,(H,12,13). The van der Waals surface area contributed by atoms with Gasteiger partial charge < -0.3 is 4.42 Å². The Morgan fingerprint density at radius 2 is 1.93 bits per heavy atom. The van der Waals surface area contributed by atoms with Crippen molar-refractivity contribution >= 4 is 21.9 Å². The highest BCUT2D eigenvalue weighted by atomic mass is 16.4. The summed E-state index contributed by atoms with van der Waals surface area (Å²) in [6, 6.07) is 11.6. The molecule has 3 rings (SSSR count). The molecular weight excluding hydrogens is 178 g/mol. The number of nitrogens with one attached hydrogen (secondary N) is 1. The van der Waals surface area contributed by atoms with Crippen molar-refractivity contribution in [2.24, 2.45) is 0 Å². The van der Waals surface area contributed by atoms with Crippen LogP contribution in [-0.2, 0) is 0 Å². The summed E-state index contributed by atoms with van der Waals surface area (Å²) >= 11 is 0. The SMILES string of the molecule is O=c1[nH]c2ccc3ccccc3c2o1. The number of aromatic amines is 1. The summed E-state index contributed by atoms with van der Waals surface area (Å²) in [4.78, 5) is 13.6. The number of hydrogen-bond acceptors (Lipinski definition) is 2. The molecule has 0 amide bonds. The lowest BCUT2D eigenvalue weighted by Gasteiger charge is -1.95. The average molecular weight is 185 g/mol. The summed E-state index contributed by atoms with van der Waals surface area (Å²) < 4.78 is 5.07. The van der Waals surface area contributed by atoms with Gasteiger partial charge in [-0.15, -0.1) is 0 Å². The molecule has 0 bridgehead atoms. The van der Waals surface area contributed by atoms with Crippen LogP contribution in [0.5, 0.6) is 0 Å². The Labute approximate surface area is 79.0 Å². The second kappa shape index (κ2) is 2.48. The van der Waals surface area contributed by atoms with Gasteiger partial charge in [0.05, 0.1) is 5.52 Å². The Hall–Kier alpha value is -2.03. The first-order valence-electron chi connectivity index (χ1n) is 4.35. The predicted octanol–water partition coefficient (Wildman–Crippen LogP) is 2.27. The van der Waals surface area contributed by atoms with Gasteiger partial charge in [-0.3, -0.25) is 4.98 Å². The molecule has 0 unspecified atom stereocenters. The first-order valence-corrected chi connectivity index (χ1v) is 4.35. The first kappa shape index (κ1) is 7.38. The van der Waals surface area contributed by atoms with Gasteiger partial charge in [0.15, 0.2) is 5.58 Å². The summed E-state index contributed by atoms with van der Waals surface area (Å²) in [5, 5.41) is 2.03. The third-order valence-corrected chi connectivity index (χ3v) is 2.31.